The van der Waals surface area contributed by atoms with Crippen LogP contribution in [0.1, 0.15) is 19.4 Å². The van der Waals surface area contributed by atoms with Gasteiger partial charge in [0.1, 0.15) is 0 Å². The molecule has 0 bridgehead atoms. The third-order valence-electron chi connectivity index (χ3n) is 3.47. The Labute approximate surface area is 124 Å². The minimum Gasteiger partial charge on any atom is -0.377 e. The predicted molar refractivity (Wildman–Crippen MR) is 84.1 cm³/mol. The number of carbonyl (C=O) groups excluding carboxylic acids is 1. The third-order valence-corrected chi connectivity index (χ3v) is 3.47. The molecule has 0 spiro atoms. The molecule has 1 unspecified atom stereocenters. The Bertz CT molecular complexity index is 594. The zero-order valence-electron chi connectivity index (χ0n) is 12.6. The first-order valence-corrected chi connectivity index (χ1v) is 7.31. The summed E-state index contributed by atoms with van der Waals surface area (Å²) in [5, 5.41) is 3.94. The number of carbonyl (C=O) groups is 1. The van der Waals surface area contributed by atoms with Gasteiger partial charge in [-0.2, -0.15) is 0 Å². The first-order chi connectivity index (χ1) is 10.1. The van der Waals surface area contributed by atoms with Crippen molar-refractivity contribution in [1.29, 1.82) is 0 Å². The summed E-state index contributed by atoms with van der Waals surface area (Å²) in [7, 11) is 0. The number of amides is 1. The van der Waals surface area contributed by atoms with Crippen molar-refractivity contribution in [1.82, 2.24) is 10.3 Å². The van der Waals surface area contributed by atoms with E-state index < -0.39 is 6.04 Å². The van der Waals surface area contributed by atoms with Crippen LogP contribution in [0, 0.1) is 0 Å². The van der Waals surface area contributed by atoms with Gasteiger partial charge in [-0.05, 0) is 31.9 Å². The number of fused-ring (bicyclic) bond motifs is 1. The second-order valence-electron chi connectivity index (χ2n) is 5.18. The number of ether oxygens (including phenoxy) is 1. The average Bonchev–Trinajstić information content (AvgIpc) is 2.88. The molecule has 0 saturated heterocycles. The van der Waals surface area contributed by atoms with Gasteiger partial charge in [-0.15, -0.1) is 0 Å². The molecule has 5 heteroatoms. The molecule has 21 heavy (non-hydrogen) atoms. The van der Waals surface area contributed by atoms with Gasteiger partial charge in [0.2, 0.25) is 5.91 Å². The van der Waals surface area contributed by atoms with E-state index in [9.17, 15) is 4.79 Å². The highest BCUT2D eigenvalue weighted by Crippen LogP contribution is 2.18. The fraction of sp³-hybridized carbons (Fsp3) is 0.438. The molecule has 114 valence electrons. The molecule has 2 rings (SSSR count). The molecule has 5 nitrogen and oxygen atoms in total. The Balaban J connectivity index is 1.91. The molecule has 0 aliphatic heterocycles. The van der Waals surface area contributed by atoms with Crippen molar-refractivity contribution in [3.63, 3.8) is 0 Å². The van der Waals surface area contributed by atoms with Gasteiger partial charge in [0, 0.05) is 30.3 Å². The van der Waals surface area contributed by atoms with Gasteiger partial charge in [-0.1, -0.05) is 18.2 Å². The second-order valence-corrected chi connectivity index (χ2v) is 5.18. The van der Waals surface area contributed by atoms with Gasteiger partial charge in [-0.25, -0.2) is 0 Å². The van der Waals surface area contributed by atoms with Crippen molar-refractivity contribution in [3.05, 3.63) is 36.0 Å². The molecule has 0 aliphatic carbocycles. The predicted octanol–water partition coefficient (Wildman–Crippen LogP) is 1.58. The van der Waals surface area contributed by atoms with Crippen LogP contribution in [0.5, 0.6) is 0 Å². The first kappa shape index (κ1) is 15.5. The molecule has 1 amide bonds. The Morgan fingerprint density at radius 1 is 1.43 bits per heavy atom. The van der Waals surface area contributed by atoms with Gasteiger partial charge in [0.25, 0.3) is 0 Å². The van der Waals surface area contributed by atoms with Crippen LogP contribution in [-0.4, -0.2) is 36.2 Å². The maximum Gasteiger partial charge on any atom is 0.237 e. The van der Waals surface area contributed by atoms with Gasteiger partial charge in [-0.3, -0.25) is 4.79 Å². The molecule has 2 atom stereocenters. The van der Waals surface area contributed by atoms with Crippen molar-refractivity contribution < 1.29 is 9.53 Å². The summed E-state index contributed by atoms with van der Waals surface area (Å²) in [6.07, 6.45) is 2.43. The van der Waals surface area contributed by atoms with Crippen LogP contribution in [0.3, 0.4) is 0 Å². The summed E-state index contributed by atoms with van der Waals surface area (Å²) < 4.78 is 5.37. The van der Waals surface area contributed by atoms with Crippen LogP contribution in [0.25, 0.3) is 10.9 Å². The highest BCUT2D eigenvalue weighted by Gasteiger charge is 2.16. The molecule has 2 aromatic rings. The van der Waals surface area contributed by atoms with E-state index in [0.717, 1.165) is 16.5 Å². The first-order valence-electron chi connectivity index (χ1n) is 7.31. The lowest BCUT2D eigenvalue weighted by Gasteiger charge is -2.15. The zero-order chi connectivity index (χ0) is 15.2. The van der Waals surface area contributed by atoms with Crippen LogP contribution < -0.4 is 11.1 Å². The summed E-state index contributed by atoms with van der Waals surface area (Å²) in [4.78, 5) is 15.2. The lowest BCUT2D eigenvalue weighted by Crippen LogP contribution is -2.44. The van der Waals surface area contributed by atoms with Crippen molar-refractivity contribution in [3.8, 4) is 0 Å². The van der Waals surface area contributed by atoms with E-state index in [1.165, 1.54) is 0 Å². The van der Waals surface area contributed by atoms with Crippen molar-refractivity contribution in [2.45, 2.75) is 32.4 Å². The summed E-state index contributed by atoms with van der Waals surface area (Å²) >= 11 is 0. The molecule has 1 heterocycles. The van der Waals surface area contributed by atoms with E-state index in [0.29, 0.717) is 19.6 Å². The highest BCUT2D eigenvalue weighted by atomic mass is 16.5. The summed E-state index contributed by atoms with van der Waals surface area (Å²) in [5.74, 6) is -0.146. The number of H-pyrrole nitrogens is 1. The molecule has 1 aromatic heterocycles. The van der Waals surface area contributed by atoms with E-state index >= 15 is 0 Å². The summed E-state index contributed by atoms with van der Waals surface area (Å²) in [5.41, 5.74) is 8.11. The largest absolute Gasteiger partial charge is 0.377 e. The lowest BCUT2D eigenvalue weighted by atomic mass is 10.1. The Morgan fingerprint density at radius 3 is 2.95 bits per heavy atom. The molecule has 0 aliphatic rings. The Morgan fingerprint density at radius 2 is 2.19 bits per heavy atom. The fourth-order valence-corrected chi connectivity index (χ4v) is 2.35. The number of aromatic nitrogens is 1. The van der Waals surface area contributed by atoms with Crippen molar-refractivity contribution in [2.75, 3.05) is 13.2 Å². The second kappa shape index (κ2) is 7.24. The van der Waals surface area contributed by atoms with Gasteiger partial charge in [0.05, 0.1) is 12.1 Å². The van der Waals surface area contributed by atoms with Crippen LogP contribution >= 0.6 is 0 Å². The summed E-state index contributed by atoms with van der Waals surface area (Å²) in [6.45, 7) is 4.97. The number of aromatic amines is 1. The van der Waals surface area contributed by atoms with Crippen LogP contribution in [0.2, 0.25) is 0 Å². The fourth-order valence-electron chi connectivity index (χ4n) is 2.35. The molecular weight excluding hydrogens is 266 g/mol. The third kappa shape index (κ3) is 4.06. The smallest absolute Gasteiger partial charge is 0.237 e. The number of para-hydroxylation sites is 1. The number of benzene rings is 1. The molecule has 0 radical (unpaired) electrons. The molecular formula is C16H23N3O2. The van der Waals surface area contributed by atoms with Crippen molar-refractivity contribution >= 4 is 16.8 Å². The maximum atomic E-state index is 12.0. The maximum absolute atomic E-state index is 12.0. The van der Waals surface area contributed by atoms with Gasteiger partial charge < -0.3 is 20.8 Å². The lowest BCUT2D eigenvalue weighted by molar-refractivity contribution is -0.122. The molecule has 1 aromatic carbocycles. The zero-order valence-corrected chi connectivity index (χ0v) is 12.6. The highest BCUT2D eigenvalue weighted by molar-refractivity contribution is 5.86. The topological polar surface area (TPSA) is 80.1 Å². The number of rotatable bonds is 7. The van der Waals surface area contributed by atoms with Crippen LogP contribution in [0.15, 0.2) is 30.5 Å². The monoisotopic (exact) mass is 289 g/mol. The normalized spacial score (nSPS) is 14.0. The number of nitrogens with two attached hydrogens (primary N) is 1. The summed E-state index contributed by atoms with van der Waals surface area (Å²) in [6, 6.07) is 7.44. The van der Waals surface area contributed by atoms with E-state index in [2.05, 4.69) is 10.3 Å². The van der Waals surface area contributed by atoms with Crippen LogP contribution in [-0.2, 0) is 16.0 Å². The van der Waals surface area contributed by atoms with Gasteiger partial charge in [0.15, 0.2) is 0 Å². The Kier molecular flexibility index (Phi) is 5.36. The standard InChI is InChI=1S/C16H23N3O2/c1-3-21-11(2)9-19-16(20)14(17)8-12-10-18-15-7-5-4-6-13(12)15/h4-7,10-11,14,18H,3,8-9,17H2,1-2H3,(H,19,20)/t11?,14-/m0/s1. The van der Waals surface area contributed by atoms with E-state index in [-0.39, 0.29) is 12.0 Å². The van der Waals surface area contributed by atoms with Gasteiger partial charge >= 0.3 is 0 Å². The number of hydrogen-bond donors (Lipinski definition) is 3. The molecule has 0 fully saturated rings. The molecule has 0 saturated carbocycles. The Hall–Kier alpha value is -1.85. The number of hydrogen-bond acceptors (Lipinski definition) is 3. The minimum absolute atomic E-state index is 0.000705. The van der Waals surface area contributed by atoms with Crippen molar-refractivity contribution in [2.24, 2.45) is 5.73 Å². The van der Waals surface area contributed by atoms with Crippen LogP contribution in [0.4, 0.5) is 0 Å². The minimum atomic E-state index is -0.557. The number of nitrogens with one attached hydrogen (secondary N) is 2. The van der Waals surface area contributed by atoms with E-state index in [4.69, 9.17) is 10.5 Å². The molecule has 4 N–H and O–H groups in total. The quantitative estimate of drug-likeness (QED) is 0.724. The van der Waals surface area contributed by atoms with E-state index in [1.54, 1.807) is 0 Å². The van der Waals surface area contributed by atoms with E-state index in [1.807, 2.05) is 44.3 Å². The average molecular weight is 289 g/mol. The SMILES string of the molecule is CCOC(C)CNC(=O)[C@@H](N)Cc1c[nH]c2ccccc12.